The topological polar surface area (TPSA) is 51.2 Å². The molecule has 0 bridgehead atoms. The summed E-state index contributed by atoms with van der Waals surface area (Å²) < 4.78 is 22.7. The van der Waals surface area contributed by atoms with Gasteiger partial charge in [-0.05, 0) is 31.1 Å². The minimum atomic E-state index is -2.83. The van der Waals surface area contributed by atoms with E-state index in [1.54, 1.807) is 0 Å². The Hall–Kier alpha value is -0.380. The fraction of sp³-hybridized carbons (Fsp3) is 0.923. The van der Waals surface area contributed by atoms with E-state index in [-0.39, 0.29) is 23.3 Å². The van der Waals surface area contributed by atoms with Crippen molar-refractivity contribution in [2.45, 2.75) is 45.4 Å². The van der Waals surface area contributed by atoms with Crippen molar-refractivity contribution in [3.8, 4) is 0 Å². The Labute approximate surface area is 104 Å². The van der Waals surface area contributed by atoms with Crippen molar-refractivity contribution in [3.05, 3.63) is 0 Å². The molecule has 2 rings (SSSR count). The van der Waals surface area contributed by atoms with Crippen molar-refractivity contribution in [2.75, 3.05) is 11.5 Å². The van der Waals surface area contributed by atoms with E-state index in [1.165, 1.54) is 6.42 Å². The molecule has 0 radical (unpaired) electrons. The summed E-state index contributed by atoms with van der Waals surface area (Å²) in [5, 5.41) is 0. The lowest BCUT2D eigenvalue weighted by Crippen LogP contribution is -2.24. The summed E-state index contributed by atoms with van der Waals surface area (Å²) in [7, 11) is -2.83. The zero-order valence-electron chi connectivity index (χ0n) is 10.5. The Morgan fingerprint density at radius 1 is 1.24 bits per heavy atom. The average molecular weight is 258 g/mol. The van der Waals surface area contributed by atoms with E-state index in [0.717, 1.165) is 19.3 Å². The molecular formula is C13H22O3S. The monoisotopic (exact) mass is 258 g/mol. The van der Waals surface area contributed by atoms with Crippen LogP contribution in [0.5, 0.6) is 0 Å². The molecule has 0 aromatic carbocycles. The normalized spacial score (nSPS) is 36.9. The Morgan fingerprint density at radius 2 is 2.00 bits per heavy atom. The highest BCUT2D eigenvalue weighted by atomic mass is 32.2. The molecule has 3 atom stereocenters. The maximum absolute atomic E-state index is 12.1. The molecule has 1 heterocycles. The molecule has 98 valence electrons. The van der Waals surface area contributed by atoms with Crippen molar-refractivity contribution in [3.63, 3.8) is 0 Å². The molecular weight excluding hydrogens is 236 g/mol. The van der Waals surface area contributed by atoms with Gasteiger partial charge in [0, 0.05) is 12.3 Å². The molecule has 2 aliphatic rings. The molecule has 0 spiro atoms. The van der Waals surface area contributed by atoms with Crippen LogP contribution in [0.2, 0.25) is 0 Å². The number of hydrogen-bond acceptors (Lipinski definition) is 3. The van der Waals surface area contributed by atoms with E-state index < -0.39 is 9.84 Å². The Balaban J connectivity index is 1.85. The zero-order chi connectivity index (χ0) is 12.5. The van der Waals surface area contributed by atoms with Crippen LogP contribution in [0, 0.1) is 17.8 Å². The minimum Gasteiger partial charge on any atom is -0.299 e. The maximum Gasteiger partial charge on any atom is 0.150 e. The van der Waals surface area contributed by atoms with E-state index in [0.29, 0.717) is 24.5 Å². The Kier molecular flexibility index (Phi) is 3.91. The number of ketones is 1. The molecule has 0 N–H and O–H groups in total. The van der Waals surface area contributed by atoms with Gasteiger partial charge in [-0.3, -0.25) is 4.79 Å². The maximum atomic E-state index is 12.1. The Morgan fingerprint density at radius 3 is 2.59 bits per heavy atom. The fourth-order valence-electron chi connectivity index (χ4n) is 3.21. The van der Waals surface area contributed by atoms with Crippen LogP contribution in [0.15, 0.2) is 0 Å². The van der Waals surface area contributed by atoms with Gasteiger partial charge in [0.25, 0.3) is 0 Å². The van der Waals surface area contributed by atoms with E-state index >= 15 is 0 Å². The van der Waals surface area contributed by atoms with E-state index in [4.69, 9.17) is 0 Å². The van der Waals surface area contributed by atoms with Crippen LogP contribution in [0.1, 0.15) is 45.4 Å². The molecule has 3 unspecified atom stereocenters. The second-order valence-electron chi connectivity index (χ2n) is 5.91. The summed E-state index contributed by atoms with van der Waals surface area (Å²) in [6.45, 7) is 2.21. The third-order valence-electron chi connectivity index (χ3n) is 4.21. The van der Waals surface area contributed by atoms with E-state index in [1.807, 2.05) is 0 Å². The molecule has 17 heavy (non-hydrogen) atoms. The first-order chi connectivity index (χ1) is 7.96. The smallest absolute Gasteiger partial charge is 0.150 e. The van der Waals surface area contributed by atoms with Gasteiger partial charge in [-0.1, -0.05) is 19.8 Å². The summed E-state index contributed by atoms with van der Waals surface area (Å²) in [6.07, 6.45) is 5.61. The number of sulfone groups is 1. The predicted molar refractivity (Wildman–Crippen MR) is 67.5 cm³/mol. The van der Waals surface area contributed by atoms with Crippen LogP contribution in [0.4, 0.5) is 0 Å². The van der Waals surface area contributed by atoms with Crippen LogP contribution in [-0.4, -0.2) is 25.7 Å². The van der Waals surface area contributed by atoms with Crippen molar-refractivity contribution in [1.29, 1.82) is 0 Å². The quantitative estimate of drug-likeness (QED) is 0.780. The van der Waals surface area contributed by atoms with Crippen LogP contribution >= 0.6 is 0 Å². The first-order valence-electron chi connectivity index (χ1n) is 6.69. The SMILES string of the molecule is CC1CCCC(C(=O)CC2CCS(=O)(=O)C2)C1. The van der Waals surface area contributed by atoms with Crippen LogP contribution < -0.4 is 0 Å². The first kappa shape index (κ1) is 13.1. The van der Waals surface area contributed by atoms with Crippen LogP contribution in [-0.2, 0) is 14.6 Å². The van der Waals surface area contributed by atoms with Gasteiger partial charge in [-0.15, -0.1) is 0 Å². The van der Waals surface area contributed by atoms with Gasteiger partial charge in [0.15, 0.2) is 9.84 Å². The first-order valence-corrected chi connectivity index (χ1v) is 8.51. The highest BCUT2D eigenvalue weighted by molar-refractivity contribution is 7.91. The van der Waals surface area contributed by atoms with Gasteiger partial charge in [0.2, 0.25) is 0 Å². The number of carbonyl (C=O) groups is 1. The molecule has 1 saturated carbocycles. The highest BCUT2D eigenvalue weighted by Gasteiger charge is 2.32. The van der Waals surface area contributed by atoms with Gasteiger partial charge in [-0.25, -0.2) is 8.42 Å². The van der Waals surface area contributed by atoms with Crippen LogP contribution in [0.25, 0.3) is 0 Å². The molecule has 0 aromatic rings. The second-order valence-corrected chi connectivity index (χ2v) is 8.14. The van der Waals surface area contributed by atoms with E-state index in [9.17, 15) is 13.2 Å². The van der Waals surface area contributed by atoms with Gasteiger partial charge < -0.3 is 0 Å². The van der Waals surface area contributed by atoms with Crippen molar-refractivity contribution in [2.24, 2.45) is 17.8 Å². The van der Waals surface area contributed by atoms with Crippen LogP contribution in [0.3, 0.4) is 0 Å². The third-order valence-corrected chi connectivity index (χ3v) is 6.05. The fourth-order valence-corrected chi connectivity index (χ4v) is 5.07. The standard InChI is InChI=1S/C13H22O3S/c1-10-3-2-4-12(7-10)13(14)8-11-5-6-17(15,16)9-11/h10-12H,2-9H2,1H3. The lowest BCUT2D eigenvalue weighted by Gasteiger charge is -2.26. The molecule has 2 fully saturated rings. The number of hydrogen-bond donors (Lipinski definition) is 0. The summed E-state index contributed by atoms with van der Waals surface area (Å²) in [6, 6.07) is 0. The molecule has 3 nitrogen and oxygen atoms in total. The summed E-state index contributed by atoms with van der Waals surface area (Å²) in [5.41, 5.74) is 0. The summed E-state index contributed by atoms with van der Waals surface area (Å²) in [4.78, 5) is 12.1. The number of carbonyl (C=O) groups excluding carboxylic acids is 1. The average Bonchev–Trinajstić information content (AvgIpc) is 2.58. The lowest BCUT2D eigenvalue weighted by atomic mass is 9.78. The largest absolute Gasteiger partial charge is 0.299 e. The van der Waals surface area contributed by atoms with Crippen molar-refractivity contribution in [1.82, 2.24) is 0 Å². The van der Waals surface area contributed by atoms with Gasteiger partial charge in [-0.2, -0.15) is 0 Å². The van der Waals surface area contributed by atoms with Gasteiger partial charge in [0.1, 0.15) is 5.78 Å². The van der Waals surface area contributed by atoms with Crippen molar-refractivity contribution < 1.29 is 13.2 Å². The Bertz CT molecular complexity index is 385. The molecule has 0 aromatic heterocycles. The molecule has 1 saturated heterocycles. The minimum absolute atomic E-state index is 0.102. The molecule has 1 aliphatic heterocycles. The lowest BCUT2D eigenvalue weighted by molar-refractivity contribution is -0.125. The highest BCUT2D eigenvalue weighted by Crippen LogP contribution is 2.32. The van der Waals surface area contributed by atoms with Gasteiger partial charge in [0.05, 0.1) is 11.5 Å². The summed E-state index contributed by atoms with van der Waals surface area (Å²) >= 11 is 0. The van der Waals surface area contributed by atoms with Crippen molar-refractivity contribution >= 4 is 15.6 Å². The van der Waals surface area contributed by atoms with Gasteiger partial charge >= 0.3 is 0 Å². The third kappa shape index (κ3) is 3.54. The molecule has 1 aliphatic carbocycles. The van der Waals surface area contributed by atoms with E-state index in [2.05, 4.69) is 6.92 Å². The number of Topliss-reactive ketones (excluding diaryl/α,β-unsaturated/α-hetero) is 1. The molecule has 0 amide bonds. The number of rotatable bonds is 3. The zero-order valence-corrected chi connectivity index (χ0v) is 11.3. The summed E-state index contributed by atoms with van der Waals surface area (Å²) in [5.74, 6) is 1.81. The predicted octanol–water partition coefficient (Wildman–Crippen LogP) is 2.21. The molecule has 4 heteroatoms. The second kappa shape index (κ2) is 5.09.